The van der Waals surface area contributed by atoms with Gasteiger partial charge in [-0.25, -0.2) is 0 Å². The fourth-order valence-electron chi connectivity index (χ4n) is 1.89. The minimum absolute atomic E-state index is 0.0883. The fraction of sp³-hybridized carbons (Fsp3) is 0.818. The van der Waals surface area contributed by atoms with Gasteiger partial charge in [-0.15, -0.1) is 0 Å². The molecule has 0 saturated carbocycles. The molecular weight excluding hydrogens is 206 g/mol. The van der Waals surface area contributed by atoms with Crippen molar-refractivity contribution in [1.82, 2.24) is 10.2 Å². The summed E-state index contributed by atoms with van der Waals surface area (Å²) in [5.41, 5.74) is 0.221. The Labute approximate surface area is 96.7 Å². The Balaban J connectivity index is 3.03. The number of hydrogen-bond acceptors (Lipinski definition) is 4. The lowest BCUT2D eigenvalue weighted by Gasteiger charge is -2.36. The predicted octanol–water partition coefficient (Wildman–Crippen LogP) is 1.93. The van der Waals surface area contributed by atoms with Crippen molar-refractivity contribution in [2.24, 2.45) is 0 Å². The normalized spacial score (nSPS) is 17.2. The molecule has 0 radical (unpaired) electrons. The standard InChI is InChI=1S/C11H21N3O2/c1-8(2)12-10-9(14(15)16)6-7-13(10)11(3,4)5/h8,12H,6-7H2,1-5H3. The van der Waals surface area contributed by atoms with Crippen LogP contribution in [-0.4, -0.2) is 27.9 Å². The zero-order chi connectivity index (χ0) is 12.5. The Morgan fingerprint density at radius 2 is 2.00 bits per heavy atom. The van der Waals surface area contributed by atoms with E-state index < -0.39 is 0 Å². The summed E-state index contributed by atoms with van der Waals surface area (Å²) in [5.74, 6) is 0.688. The van der Waals surface area contributed by atoms with Gasteiger partial charge >= 0.3 is 0 Å². The van der Waals surface area contributed by atoms with E-state index in [0.29, 0.717) is 17.9 Å². The van der Waals surface area contributed by atoms with Gasteiger partial charge in [-0.2, -0.15) is 0 Å². The first kappa shape index (κ1) is 12.8. The third kappa shape index (κ3) is 2.65. The summed E-state index contributed by atoms with van der Waals surface area (Å²) >= 11 is 0. The predicted molar refractivity (Wildman–Crippen MR) is 63.4 cm³/mol. The molecule has 0 amide bonds. The van der Waals surface area contributed by atoms with E-state index in [-0.39, 0.29) is 16.5 Å². The summed E-state index contributed by atoms with van der Waals surface area (Å²) < 4.78 is 0. The quantitative estimate of drug-likeness (QED) is 0.591. The highest BCUT2D eigenvalue weighted by Crippen LogP contribution is 2.28. The van der Waals surface area contributed by atoms with Gasteiger partial charge in [0.1, 0.15) is 0 Å². The molecule has 1 rings (SSSR count). The molecule has 0 aliphatic carbocycles. The molecular formula is C11H21N3O2. The zero-order valence-electron chi connectivity index (χ0n) is 10.7. The molecule has 1 heterocycles. The lowest BCUT2D eigenvalue weighted by atomic mass is 10.1. The van der Waals surface area contributed by atoms with Crippen molar-refractivity contribution in [2.75, 3.05) is 6.54 Å². The van der Waals surface area contributed by atoms with Gasteiger partial charge in [0.25, 0.3) is 5.70 Å². The molecule has 0 fully saturated rings. The van der Waals surface area contributed by atoms with Crippen LogP contribution >= 0.6 is 0 Å². The molecule has 1 aliphatic rings. The monoisotopic (exact) mass is 227 g/mol. The average Bonchev–Trinajstić information content (AvgIpc) is 2.45. The van der Waals surface area contributed by atoms with E-state index in [9.17, 15) is 10.1 Å². The summed E-state index contributed by atoms with van der Waals surface area (Å²) in [7, 11) is 0. The number of rotatable bonds is 3. The van der Waals surface area contributed by atoms with Crippen molar-refractivity contribution in [2.45, 2.75) is 52.6 Å². The number of nitro groups is 1. The highest BCUT2D eigenvalue weighted by Gasteiger charge is 2.36. The van der Waals surface area contributed by atoms with Gasteiger partial charge in [0.15, 0.2) is 5.82 Å². The van der Waals surface area contributed by atoms with Crippen LogP contribution in [0.15, 0.2) is 11.5 Å². The van der Waals surface area contributed by atoms with Crippen molar-refractivity contribution in [1.29, 1.82) is 0 Å². The molecule has 16 heavy (non-hydrogen) atoms. The minimum Gasteiger partial charge on any atom is -0.364 e. The Hall–Kier alpha value is -1.26. The molecule has 92 valence electrons. The van der Waals surface area contributed by atoms with Gasteiger partial charge < -0.3 is 10.2 Å². The summed E-state index contributed by atoms with van der Waals surface area (Å²) in [5, 5.41) is 14.1. The minimum atomic E-state index is -0.267. The Bertz CT molecular complexity index is 316. The van der Waals surface area contributed by atoms with Crippen LogP contribution in [0.2, 0.25) is 0 Å². The van der Waals surface area contributed by atoms with E-state index in [0.717, 1.165) is 6.54 Å². The lowest BCUT2D eigenvalue weighted by Crippen LogP contribution is -2.44. The largest absolute Gasteiger partial charge is 0.364 e. The Kier molecular flexibility index (Phi) is 3.45. The highest BCUT2D eigenvalue weighted by atomic mass is 16.6. The van der Waals surface area contributed by atoms with E-state index >= 15 is 0 Å². The summed E-state index contributed by atoms with van der Waals surface area (Å²) in [6.45, 7) is 10.9. The molecule has 0 atom stereocenters. The van der Waals surface area contributed by atoms with Gasteiger partial charge in [0.05, 0.1) is 11.3 Å². The topological polar surface area (TPSA) is 58.4 Å². The molecule has 0 spiro atoms. The summed E-state index contributed by atoms with van der Waals surface area (Å²) in [6, 6.07) is 0.202. The van der Waals surface area contributed by atoms with Crippen molar-refractivity contribution < 1.29 is 4.92 Å². The van der Waals surface area contributed by atoms with Crippen molar-refractivity contribution in [3.8, 4) is 0 Å². The van der Waals surface area contributed by atoms with Gasteiger partial charge in [-0.3, -0.25) is 10.1 Å². The van der Waals surface area contributed by atoms with E-state index in [2.05, 4.69) is 31.0 Å². The third-order valence-corrected chi connectivity index (χ3v) is 2.57. The molecule has 0 aromatic carbocycles. The smallest absolute Gasteiger partial charge is 0.287 e. The van der Waals surface area contributed by atoms with Gasteiger partial charge in [-0.05, 0) is 34.6 Å². The number of nitrogens with zero attached hydrogens (tertiary/aromatic N) is 2. The van der Waals surface area contributed by atoms with Crippen LogP contribution in [-0.2, 0) is 0 Å². The van der Waals surface area contributed by atoms with E-state index in [1.54, 1.807) is 0 Å². The van der Waals surface area contributed by atoms with Gasteiger partial charge in [0, 0.05) is 18.1 Å². The summed E-state index contributed by atoms with van der Waals surface area (Å²) in [4.78, 5) is 12.8. The van der Waals surface area contributed by atoms with Gasteiger partial charge in [-0.1, -0.05) is 0 Å². The average molecular weight is 227 g/mol. The first-order valence-corrected chi connectivity index (χ1v) is 5.65. The van der Waals surface area contributed by atoms with E-state index in [1.807, 2.05) is 13.8 Å². The maximum atomic E-state index is 10.9. The van der Waals surface area contributed by atoms with Crippen LogP contribution < -0.4 is 5.32 Å². The first-order valence-electron chi connectivity index (χ1n) is 5.65. The second kappa shape index (κ2) is 4.31. The second-order valence-corrected chi connectivity index (χ2v) is 5.42. The van der Waals surface area contributed by atoms with Crippen LogP contribution in [0.1, 0.15) is 41.0 Å². The van der Waals surface area contributed by atoms with Crippen molar-refractivity contribution in [3.05, 3.63) is 21.6 Å². The molecule has 0 unspecified atom stereocenters. The molecule has 1 N–H and O–H groups in total. The molecule has 0 aromatic rings. The highest BCUT2D eigenvalue weighted by molar-refractivity contribution is 5.15. The summed E-state index contributed by atoms with van der Waals surface area (Å²) in [6.07, 6.45) is 0.513. The number of hydrogen-bond donors (Lipinski definition) is 1. The lowest BCUT2D eigenvalue weighted by molar-refractivity contribution is -0.428. The van der Waals surface area contributed by atoms with Crippen LogP contribution in [0.5, 0.6) is 0 Å². The first-order chi connectivity index (χ1) is 7.23. The third-order valence-electron chi connectivity index (χ3n) is 2.57. The Morgan fingerprint density at radius 1 is 1.44 bits per heavy atom. The van der Waals surface area contributed by atoms with Gasteiger partial charge in [0.2, 0.25) is 0 Å². The van der Waals surface area contributed by atoms with Crippen molar-refractivity contribution in [3.63, 3.8) is 0 Å². The van der Waals surface area contributed by atoms with Crippen LogP contribution in [0.25, 0.3) is 0 Å². The molecule has 5 heteroatoms. The molecule has 1 aliphatic heterocycles. The number of nitrogens with one attached hydrogen (secondary N) is 1. The zero-order valence-corrected chi connectivity index (χ0v) is 10.7. The molecule has 0 bridgehead atoms. The van der Waals surface area contributed by atoms with Crippen LogP contribution in [0.4, 0.5) is 0 Å². The second-order valence-electron chi connectivity index (χ2n) is 5.42. The maximum absolute atomic E-state index is 10.9. The van der Waals surface area contributed by atoms with Crippen LogP contribution in [0.3, 0.4) is 0 Å². The van der Waals surface area contributed by atoms with E-state index in [1.165, 1.54) is 0 Å². The molecule has 0 saturated heterocycles. The van der Waals surface area contributed by atoms with E-state index in [4.69, 9.17) is 0 Å². The maximum Gasteiger partial charge on any atom is 0.287 e. The molecule has 0 aromatic heterocycles. The van der Waals surface area contributed by atoms with Crippen LogP contribution in [0, 0.1) is 10.1 Å². The van der Waals surface area contributed by atoms with Crippen molar-refractivity contribution >= 4 is 0 Å². The fourth-order valence-corrected chi connectivity index (χ4v) is 1.89. The SMILES string of the molecule is CC(C)NC1=C([N+](=O)[O-])CCN1C(C)(C)C. The Morgan fingerprint density at radius 3 is 2.38 bits per heavy atom. The molecule has 5 nitrogen and oxygen atoms in total.